The average molecular weight is 225 g/mol. The van der Waals surface area contributed by atoms with Gasteiger partial charge in [-0.25, -0.2) is 4.79 Å². The SMILES string of the molecule is Cc1cc(CC2CSCCN2)nc(=O)[nH]1. The van der Waals surface area contributed by atoms with E-state index >= 15 is 0 Å². The molecule has 0 spiro atoms. The summed E-state index contributed by atoms with van der Waals surface area (Å²) in [5.41, 5.74) is 1.53. The van der Waals surface area contributed by atoms with Crippen LogP contribution in [0.25, 0.3) is 0 Å². The molecule has 1 atom stereocenters. The molecular formula is C10H15N3OS. The second-order valence-corrected chi connectivity index (χ2v) is 4.94. The molecular weight excluding hydrogens is 210 g/mol. The van der Waals surface area contributed by atoms with Crippen LogP contribution in [-0.4, -0.2) is 34.1 Å². The Hall–Kier alpha value is -0.810. The van der Waals surface area contributed by atoms with Crippen LogP contribution in [-0.2, 0) is 6.42 Å². The zero-order valence-corrected chi connectivity index (χ0v) is 9.56. The van der Waals surface area contributed by atoms with Crippen molar-refractivity contribution in [2.45, 2.75) is 19.4 Å². The number of H-pyrrole nitrogens is 1. The minimum absolute atomic E-state index is 0.242. The topological polar surface area (TPSA) is 57.8 Å². The maximum Gasteiger partial charge on any atom is 0.345 e. The van der Waals surface area contributed by atoms with E-state index in [1.165, 1.54) is 5.75 Å². The third kappa shape index (κ3) is 3.07. The summed E-state index contributed by atoms with van der Waals surface area (Å²) in [5.74, 6) is 2.28. The first-order chi connectivity index (χ1) is 7.24. The van der Waals surface area contributed by atoms with E-state index in [9.17, 15) is 4.79 Å². The summed E-state index contributed by atoms with van der Waals surface area (Å²) in [6, 6.07) is 2.40. The molecule has 82 valence electrons. The highest BCUT2D eigenvalue weighted by Gasteiger charge is 2.14. The Morgan fingerprint density at radius 2 is 2.53 bits per heavy atom. The standard InChI is InChI=1S/C10H15N3OS/c1-7-4-8(13-10(14)12-7)5-9-6-15-3-2-11-9/h4,9,11H,2-3,5-6H2,1H3,(H,12,13,14). The molecule has 4 nitrogen and oxygen atoms in total. The molecule has 2 N–H and O–H groups in total. The van der Waals surface area contributed by atoms with Crippen LogP contribution in [0.15, 0.2) is 10.9 Å². The van der Waals surface area contributed by atoms with Gasteiger partial charge in [-0.2, -0.15) is 16.7 Å². The second-order valence-electron chi connectivity index (χ2n) is 3.79. The van der Waals surface area contributed by atoms with E-state index in [4.69, 9.17) is 0 Å². The zero-order chi connectivity index (χ0) is 10.7. The Bertz CT molecular complexity index is 384. The van der Waals surface area contributed by atoms with Crippen molar-refractivity contribution in [3.63, 3.8) is 0 Å². The van der Waals surface area contributed by atoms with Crippen molar-refractivity contribution in [2.24, 2.45) is 0 Å². The van der Waals surface area contributed by atoms with Crippen LogP contribution in [0.5, 0.6) is 0 Å². The second kappa shape index (κ2) is 4.81. The van der Waals surface area contributed by atoms with Crippen LogP contribution in [0.2, 0.25) is 0 Å². The molecule has 1 unspecified atom stereocenters. The number of thioether (sulfide) groups is 1. The fourth-order valence-electron chi connectivity index (χ4n) is 1.75. The Labute approximate surface area is 92.9 Å². The highest BCUT2D eigenvalue weighted by atomic mass is 32.2. The summed E-state index contributed by atoms with van der Waals surface area (Å²) in [6.45, 7) is 2.94. The molecule has 0 saturated carbocycles. The average Bonchev–Trinajstić information content (AvgIpc) is 2.17. The molecule has 2 heterocycles. The molecule has 0 bridgehead atoms. The van der Waals surface area contributed by atoms with Gasteiger partial charge in [0.2, 0.25) is 0 Å². The number of hydrogen-bond acceptors (Lipinski definition) is 4. The molecule has 0 radical (unpaired) electrons. The normalized spacial score (nSPS) is 21.5. The van der Waals surface area contributed by atoms with Gasteiger partial charge < -0.3 is 10.3 Å². The van der Waals surface area contributed by atoms with E-state index in [-0.39, 0.29) is 5.69 Å². The Morgan fingerprint density at radius 3 is 3.20 bits per heavy atom. The van der Waals surface area contributed by atoms with E-state index in [0.717, 1.165) is 30.1 Å². The van der Waals surface area contributed by atoms with Crippen LogP contribution < -0.4 is 11.0 Å². The maximum absolute atomic E-state index is 11.2. The third-order valence-electron chi connectivity index (χ3n) is 2.39. The van der Waals surface area contributed by atoms with Gasteiger partial charge in [0, 0.05) is 41.9 Å². The monoisotopic (exact) mass is 225 g/mol. The fraction of sp³-hybridized carbons (Fsp3) is 0.600. The lowest BCUT2D eigenvalue weighted by atomic mass is 10.1. The van der Waals surface area contributed by atoms with Gasteiger partial charge in [0.25, 0.3) is 0 Å². The van der Waals surface area contributed by atoms with Gasteiger partial charge in [-0.3, -0.25) is 0 Å². The first-order valence-electron chi connectivity index (χ1n) is 5.12. The highest BCUT2D eigenvalue weighted by Crippen LogP contribution is 2.10. The molecule has 1 aliphatic heterocycles. The highest BCUT2D eigenvalue weighted by molar-refractivity contribution is 7.99. The lowest BCUT2D eigenvalue weighted by Crippen LogP contribution is -2.39. The lowest BCUT2D eigenvalue weighted by molar-refractivity contribution is 0.555. The molecule has 1 aromatic rings. The Morgan fingerprint density at radius 1 is 1.67 bits per heavy atom. The third-order valence-corrected chi connectivity index (χ3v) is 3.52. The van der Waals surface area contributed by atoms with Crippen molar-refractivity contribution in [1.82, 2.24) is 15.3 Å². The number of aryl methyl sites for hydroxylation is 1. The summed E-state index contributed by atoms with van der Waals surface area (Å²) in [7, 11) is 0. The van der Waals surface area contributed by atoms with Gasteiger partial charge in [-0.15, -0.1) is 0 Å². The number of nitrogens with zero attached hydrogens (tertiary/aromatic N) is 1. The van der Waals surface area contributed by atoms with Crippen LogP contribution in [0, 0.1) is 6.92 Å². The zero-order valence-electron chi connectivity index (χ0n) is 8.75. The number of aromatic amines is 1. The van der Waals surface area contributed by atoms with E-state index in [1.807, 2.05) is 24.8 Å². The van der Waals surface area contributed by atoms with E-state index in [1.54, 1.807) is 0 Å². The first-order valence-corrected chi connectivity index (χ1v) is 6.27. The quantitative estimate of drug-likeness (QED) is 0.761. The largest absolute Gasteiger partial charge is 0.345 e. The van der Waals surface area contributed by atoms with Gasteiger partial charge in [0.1, 0.15) is 0 Å². The molecule has 1 saturated heterocycles. The number of rotatable bonds is 2. The summed E-state index contributed by atoms with van der Waals surface area (Å²) in [4.78, 5) is 17.8. The molecule has 0 amide bonds. The molecule has 2 rings (SSSR count). The summed E-state index contributed by atoms with van der Waals surface area (Å²) in [6.07, 6.45) is 0.845. The number of hydrogen-bond donors (Lipinski definition) is 2. The molecule has 1 fully saturated rings. The van der Waals surface area contributed by atoms with Crippen LogP contribution in [0.4, 0.5) is 0 Å². The Kier molecular flexibility index (Phi) is 3.43. The molecule has 15 heavy (non-hydrogen) atoms. The smallest absolute Gasteiger partial charge is 0.312 e. The van der Waals surface area contributed by atoms with Crippen molar-refractivity contribution in [1.29, 1.82) is 0 Å². The molecule has 5 heteroatoms. The minimum Gasteiger partial charge on any atom is -0.312 e. The van der Waals surface area contributed by atoms with E-state index in [0.29, 0.717) is 6.04 Å². The predicted molar refractivity (Wildman–Crippen MR) is 62.4 cm³/mol. The molecule has 0 aliphatic carbocycles. The Balaban J connectivity index is 2.06. The van der Waals surface area contributed by atoms with Crippen molar-refractivity contribution in [2.75, 3.05) is 18.1 Å². The van der Waals surface area contributed by atoms with Crippen LogP contribution in [0.3, 0.4) is 0 Å². The summed E-state index contributed by atoms with van der Waals surface area (Å²) >= 11 is 1.95. The number of nitrogens with one attached hydrogen (secondary N) is 2. The first kappa shape index (κ1) is 10.7. The molecule has 1 aromatic heterocycles. The van der Waals surface area contributed by atoms with Gasteiger partial charge in [0.05, 0.1) is 0 Å². The van der Waals surface area contributed by atoms with Gasteiger partial charge >= 0.3 is 5.69 Å². The molecule has 1 aliphatic rings. The molecule has 0 aromatic carbocycles. The van der Waals surface area contributed by atoms with Crippen LogP contribution >= 0.6 is 11.8 Å². The van der Waals surface area contributed by atoms with Crippen molar-refractivity contribution < 1.29 is 0 Å². The minimum atomic E-state index is -0.242. The maximum atomic E-state index is 11.2. The lowest BCUT2D eigenvalue weighted by Gasteiger charge is -2.22. The fourth-order valence-corrected chi connectivity index (χ4v) is 2.70. The van der Waals surface area contributed by atoms with E-state index < -0.39 is 0 Å². The number of aromatic nitrogens is 2. The summed E-state index contributed by atoms with van der Waals surface area (Å²) in [5, 5.41) is 3.43. The van der Waals surface area contributed by atoms with Crippen molar-refractivity contribution in [3.05, 3.63) is 27.9 Å². The van der Waals surface area contributed by atoms with Crippen molar-refractivity contribution >= 4 is 11.8 Å². The van der Waals surface area contributed by atoms with E-state index in [2.05, 4.69) is 15.3 Å². The van der Waals surface area contributed by atoms with Crippen molar-refractivity contribution in [3.8, 4) is 0 Å². The van der Waals surface area contributed by atoms with Gasteiger partial charge in [0.15, 0.2) is 0 Å². The van der Waals surface area contributed by atoms with Gasteiger partial charge in [-0.1, -0.05) is 0 Å². The summed E-state index contributed by atoms with van der Waals surface area (Å²) < 4.78 is 0. The van der Waals surface area contributed by atoms with Gasteiger partial charge in [-0.05, 0) is 13.0 Å². The van der Waals surface area contributed by atoms with Crippen LogP contribution in [0.1, 0.15) is 11.4 Å². The predicted octanol–water partition coefficient (Wildman–Crippen LogP) is 0.326.